The molecule has 8 heteroatoms. The molecule has 0 spiro atoms. The molecule has 0 aromatic heterocycles. The van der Waals surface area contributed by atoms with Crippen molar-refractivity contribution >= 4 is 17.8 Å². The van der Waals surface area contributed by atoms with Gasteiger partial charge in [-0.25, -0.2) is 4.79 Å². The Morgan fingerprint density at radius 2 is 1.84 bits per heavy atom. The minimum atomic E-state index is -1.22. The predicted molar refractivity (Wildman–Crippen MR) is 115 cm³/mol. The van der Waals surface area contributed by atoms with Crippen LogP contribution in [0.1, 0.15) is 49.0 Å². The van der Waals surface area contributed by atoms with Gasteiger partial charge < -0.3 is 14.8 Å². The van der Waals surface area contributed by atoms with Crippen molar-refractivity contribution < 1.29 is 23.9 Å². The molecule has 1 fully saturated rings. The van der Waals surface area contributed by atoms with Crippen LogP contribution in [-0.4, -0.2) is 36.6 Å². The molecule has 0 unspecified atom stereocenters. The van der Waals surface area contributed by atoms with E-state index in [0.717, 1.165) is 17.9 Å². The number of imide groups is 1. The summed E-state index contributed by atoms with van der Waals surface area (Å²) in [4.78, 5) is 38.5. The fraction of sp³-hybridized carbons (Fsp3) is 0.348. The van der Waals surface area contributed by atoms with Crippen LogP contribution >= 0.6 is 0 Å². The molecule has 0 aliphatic carbocycles. The molecule has 1 aliphatic heterocycles. The fourth-order valence-electron chi connectivity index (χ4n) is 3.46. The van der Waals surface area contributed by atoms with Crippen LogP contribution < -0.4 is 20.2 Å². The second-order valence-corrected chi connectivity index (χ2v) is 7.20. The average Bonchev–Trinajstić information content (AvgIpc) is 3.05. The standard InChI is InChI=1S/C23H27N3O5/c1-4-6-14-31-18-13-12-16(15-19(18)30-3)20(27)25-26-21(28)23(5-2,24-22(26)29)17-10-8-7-9-11-17/h7-13,15H,4-6,14H2,1-3H3,(H,24,29)(H,25,27)/t23-/m1/s1. The van der Waals surface area contributed by atoms with Crippen LogP contribution in [-0.2, 0) is 10.3 Å². The number of amides is 4. The smallest absolute Gasteiger partial charge is 0.344 e. The van der Waals surface area contributed by atoms with Crippen molar-refractivity contribution in [3.8, 4) is 11.5 Å². The van der Waals surface area contributed by atoms with Gasteiger partial charge in [-0.1, -0.05) is 50.6 Å². The van der Waals surface area contributed by atoms with Gasteiger partial charge in [0, 0.05) is 5.56 Å². The number of hydrazine groups is 1. The summed E-state index contributed by atoms with van der Waals surface area (Å²) in [6.45, 7) is 4.41. The van der Waals surface area contributed by atoms with Gasteiger partial charge in [-0.3, -0.25) is 15.0 Å². The molecule has 1 saturated heterocycles. The summed E-state index contributed by atoms with van der Waals surface area (Å²) < 4.78 is 11.0. The van der Waals surface area contributed by atoms with E-state index >= 15 is 0 Å². The molecule has 164 valence electrons. The number of urea groups is 1. The number of nitrogens with one attached hydrogen (secondary N) is 2. The Hall–Kier alpha value is -3.55. The van der Waals surface area contributed by atoms with Crippen molar-refractivity contribution in [1.82, 2.24) is 15.8 Å². The highest BCUT2D eigenvalue weighted by Crippen LogP contribution is 2.32. The van der Waals surface area contributed by atoms with E-state index in [2.05, 4.69) is 17.7 Å². The van der Waals surface area contributed by atoms with E-state index in [1.165, 1.54) is 13.2 Å². The first-order valence-electron chi connectivity index (χ1n) is 10.3. The lowest BCUT2D eigenvalue weighted by Crippen LogP contribution is -2.48. The summed E-state index contributed by atoms with van der Waals surface area (Å²) in [7, 11) is 1.48. The number of ether oxygens (including phenoxy) is 2. The highest BCUT2D eigenvalue weighted by atomic mass is 16.5. The largest absolute Gasteiger partial charge is 0.493 e. The molecule has 2 aromatic rings. The first-order chi connectivity index (χ1) is 15.0. The second kappa shape index (κ2) is 9.51. The summed E-state index contributed by atoms with van der Waals surface area (Å²) in [5.74, 6) is -0.224. The van der Waals surface area contributed by atoms with E-state index in [1.54, 1.807) is 43.3 Å². The van der Waals surface area contributed by atoms with Crippen LogP contribution in [0.2, 0.25) is 0 Å². The molecular weight excluding hydrogens is 398 g/mol. The molecule has 0 bridgehead atoms. The monoisotopic (exact) mass is 425 g/mol. The Labute approximate surface area is 181 Å². The van der Waals surface area contributed by atoms with Crippen LogP contribution in [0.5, 0.6) is 11.5 Å². The van der Waals surface area contributed by atoms with Crippen molar-refractivity contribution in [2.45, 2.75) is 38.6 Å². The van der Waals surface area contributed by atoms with Crippen LogP contribution in [0.15, 0.2) is 48.5 Å². The highest BCUT2D eigenvalue weighted by Gasteiger charge is 2.52. The number of unbranched alkanes of at least 4 members (excludes halogenated alkanes) is 1. The Morgan fingerprint density at radius 3 is 2.48 bits per heavy atom. The van der Waals surface area contributed by atoms with Gasteiger partial charge in [0.25, 0.3) is 11.8 Å². The summed E-state index contributed by atoms with van der Waals surface area (Å²) in [5, 5.41) is 3.46. The van der Waals surface area contributed by atoms with E-state index in [4.69, 9.17) is 9.47 Å². The molecule has 1 heterocycles. The van der Waals surface area contributed by atoms with E-state index in [9.17, 15) is 14.4 Å². The van der Waals surface area contributed by atoms with Gasteiger partial charge in [0.15, 0.2) is 11.5 Å². The van der Waals surface area contributed by atoms with Crippen molar-refractivity contribution in [2.75, 3.05) is 13.7 Å². The average molecular weight is 425 g/mol. The third kappa shape index (κ3) is 4.33. The van der Waals surface area contributed by atoms with Crippen LogP contribution in [0, 0.1) is 0 Å². The van der Waals surface area contributed by atoms with Gasteiger partial charge in [-0.05, 0) is 36.6 Å². The Balaban J connectivity index is 1.78. The van der Waals surface area contributed by atoms with Gasteiger partial charge in [-0.2, -0.15) is 5.01 Å². The molecule has 31 heavy (non-hydrogen) atoms. The van der Waals surface area contributed by atoms with Crippen LogP contribution in [0.4, 0.5) is 4.79 Å². The maximum atomic E-state index is 13.1. The first-order valence-corrected chi connectivity index (χ1v) is 10.3. The quantitative estimate of drug-likeness (QED) is 0.474. The highest BCUT2D eigenvalue weighted by molar-refractivity contribution is 6.09. The SMILES string of the molecule is CCCCOc1ccc(C(=O)NN2C(=O)N[C@](CC)(c3ccccc3)C2=O)cc1OC. The number of hydrogen-bond donors (Lipinski definition) is 2. The number of carbonyl (C=O) groups is 3. The molecule has 2 aromatic carbocycles. The number of nitrogens with zero attached hydrogens (tertiary/aromatic N) is 1. The molecule has 0 saturated carbocycles. The number of benzene rings is 2. The Bertz CT molecular complexity index is 963. The first kappa shape index (κ1) is 22.1. The molecule has 1 atom stereocenters. The van der Waals surface area contributed by atoms with E-state index in [0.29, 0.717) is 30.1 Å². The van der Waals surface area contributed by atoms with Gasteiger partial charge in [0.1, 0.15) is 5.54 Å². The van der Waals surface area contributed by atoms with E-state index < -0.39 is 23.4 Å². The minimum Gasteiger partial charge on any atom is -0.493 e. The lowest BCUT2D eigenvalue weighted by Gasteiger charge is -2.25. The zero-order chi connectivity index (χ0) is 22.4. The number of methoxy groups -OCH3 is 1. The summed E-state index contributed by atoms with van der Waals surface area (Å²) in [6, 6.07) is 13.0. The lowest BCUT2D eigenvalue weighted by molar-refractivity contribution is -0.133. The maximum absolute atomic E-state index is 13.1. The Morgan fingerprint density at radius 1 is 1.10 bits per heavy atom. The zero-order valence-electron chi connectivity index (χ0n) is 17.9. The van der Waals surface area contributed by atoms with Crippen molar-refractivity contribution in [3.63, 3.8) is 0 Å². The van der Waals surface area contributed by atoms with Crippen molar-refractivity contribution in [2.24, 2.45) is 0 Å². The minimum absolute atomic E-state index is 0.231. The third-order valence-corrected chi connectivity index (χ3v) is 5.28. The third-order valence-electron chi connectivity index (χ3n) is 5.28. The molecule has 1 aliphatic rings. The zero-order valence-corrected chi connectivity index (χ0v) is 17.9. The normalized spacial score (nSPS) is 18.0. The van der Waals surface area contributed by atoms with Gasteiger partial charge in [-0.15, -0.1) is 0 Å². The maximum Gasteiger partial charge on any atom is 0.344 e. The topological polar surface area (TPSA) is 97.0 Å². The van der Waals surface area contributed by atoms with E-state index in [1.807, 2.05) is 6.07 Å². The van der Waals surface area contributed by atoms with Gasteiger partial charge in [0.2, 0.25) is 0 Å². The summed E-state index contributed by atoms with van der Waals surface area (Å²) in [5.41, 5.74) is 2.08. The number of rotatable bonds is 9. The van der Waals surface area contributed by atoms with Crippen molar-refractivity contribution in [3.05, 3.63) is 59.7 Å². The number of carbonyl (C=O) groups excluding carboxylic acids is 3. The number of hydrogen-bond acceptors (Lipinski definition) is 5. The van der Waals surface area contributed by atoms with Crippen LogP contribution in [0.25, 0.3) is 0 Å². The lowest BCUT2D eigenvalue weighted by atomic mass is 9.87. The van der Waals surface area contributed by atoms with Gasteiger partial charge in [0.05, 0.1) is 13.7 Å². The van der Waals surface area contributed by atoms with Crippen molar-refractivity contribution in [1.29, 1.82) is 0 Å². The summed E-state index contributed by atoms with van der Waals surface area (Å²) in [6.07, 6.45) is 2.24. The van der Waals surface area contributed by atoms with E-state index in [-0.39, 0.29) is 5.56 Å². The second-order valence-electron chi connectivity index (χ2n) is 7.20. The van der Waals surface area contributed by atoms with Gasteiger partial charge >= 0.3 is 6.03 Å². The Kier molecular flexibility index (Phi) is 6.79. The molecule has 0 radical (unpaired) electrons. The molecule has 3 rings (SSSR count). The molecular formula is C23H27N3O5. The molecule has 8 nitrogen and oxygen atoms in total. The molecule has 4 amide bonds. The predicted octanol–water partition coefficient (Wildman–Crippen LogP) is 3.38. The fourth-order valence-corrected chi connectivity index (χ4v) is 3.46. The summed E-state index contributed by atoms with van der Waals surface area (Å²) >= 11 is 0. The van der Waals surface area contributed by atoms with Crippen LogP contribution in [0.3, 0.4) is 0 Å². The molecule has 2 N–H and O–H groups in total.